The lowest BCUT2D eigenvalue weighted by molar-refractivity contribution is 0.672. The van der Waals surface area contributed by atoms with Gasteiger partial charge in [0.25, 0.3) is 5.56 Å². The lowest BCUT2D eigenvalue weighted by Crippen LogP contribution is -2.24. The summed E-state index contributed by atoms with van der Waals surface area (Å²) in [6, 6.07) is 23.4. The predicted molar refractivity (Wildman–Crippen MR) is 156 cm³/mol. The number of nitrogen functional groups attached to an aromatic ring is 2. The molecule has 0 aliphatic carbocycles. The summed E-state index contributed by atoms with van der Waals surface area (Å²) < 4.78 is 4.51. The lowest BCUT2D eigenvalue weighted by Gasteiger charge is -2.16. The Morgan fingerprint density at radius 1 is 0.923 bits per heavy atom. The highest BCUT2D eigenvalue weighted by Crippen LogP contribution is 2.34. The third kappa shape index (κ3) is 3.72. The molecule has 9 nitrogen and oxygen atoms in total. The van der Waals surface area contributed by atoms with E-state index in [4.69, 9.17) is 16.6 Å². The fourth-order valence-corrected chi connectivity index (χ4v) is 5.87. The number of anilines is 2. The van der Waals surface area contributed by atoms with Crippen molar-refractivity contribution in [3.63, 3.8) is 0 Å². The molecule has 0 atom stereocenters. The Labute approximate surface area is 226 Å². The molecule has 0 fully saturated rings. The monoisotopic (exact) mass is 530 g/mol. The fraction of sp³-hybridized carbons (Fsp3) is 0.0690. The summed E-state index contributed by atoms with van der Waals surface area (Å²) >= 11 is 1.43. The van der Waals surface area contributed by atoms with E-state index in [1.807, 2.05) is 79.7 Å². The van der Waals surface area contributed by atoms with Crippen LogP contribution in [0.3, 0.4) is 0 Å². The van der Waals surface area contributed by atoms with Crippen LogP contribution >= 0.6 is 11.3 Å². The van der Waals surface area contributed by atoms with Crippen LogP contribution in [0, 0.1) is 6.92 Å². The van der Waals surface area contributed by atoms with E-state index in [2.05, 4.69) is 15.0 Å². The predicted octanol–water partition coefficient (Wildman–Crippen LogP) is 4.93. The maximum atomic E-state index is 13.9. The highest BCUT2D eigenvalue weighted by atomic mass is 32.1. The van der Waals surface area contributed by atoms with E-state index in [9.17, 15) is 4.79 Å². The maximum absolute atomic E-state index is 13.9. The molecular formula is C29H22N8OS. The van der Waals surface area contributed by atoms with Crippen molar-refractivity contribution in [1.29, 1.82) is 0 Å². The molecule has 7 rings (SSSR count). The summed E-state index contributed by atoms with van der Waals surface area (Å²) in [6.07, 6.45) is 1.43. The van der Waals surface area contributed by atoms with Gasteiger partial charge in [-0.05, 0) is 48.2 Å². The third-order valence-corrected chi connectivity index (χ3v) is 7.76. The van der Waals surface area contributed by atoms with Gasteiger partial charge in [0.15, 0.2) is 10.8 Å². The van der Waals surface area contributed by atoms with E-state index in [1.54, 1.807) is 9.25 Å². The second-order valence-corrected chi connectivity index (χ2v) is 10.4. The molecule has 4 heterocycles. The smallest absolute Gasteiger partial charge is 0.263 e. The number of benzene rings is 3. The second kappa shape index (κ2) is 8.74. The number of nitrogens with zero attached hydrogens (tertiary/aromatic N) is 6. The van der Waals surface area contributed by atoms with Crippen LogP contribution in [0.15, 0.2) is 83.9 Å². The molecule has 10 heteroatoms. The summed E-state index contributed by atoms with van der Waals surface area (Å²) in [4.78, 5) is 27.1. The van der Waals surface area contributed by atoms with Crippen molar-refractivity contribution in [2.75, 3.05) is 11.5 Å². The number of aryl methyl sites for hydroxylation is 1. The third-order valence-electron chi connectivity index (χ3n) is 6.89. The second-order valence-electron chi connectivity index (χ2n) is 9.35. The summed E-state index contributed by atoms with van der Waals surface area (Å²) in [7, 11) is 0. The van der Waals surface area contributed by atoms with Crippen LogP contribution in [0.1, 0.15) is 11.3 Å². The summed E-state index contributed by atoms with van der Waals surface area (Å²) in [5.41, 5.74) is 17.5. The number of para-hydroxylation sites is 1. The average molecular weight is 531 g/mol. The zero-order valence-electron chi connectivity index (χ0n) is 20.9. The number of fused-ring (bicyclic) bond motifs is 3. The van der Waals surface area contributed by atoms with E-state index < -0.39 is 0 Å². The molecule has 0 aliphatic rings. The van der Waals surface area contributed by atoms with Gasteiger partial charge >= 0.3 is 0 Å². The highest BCUT2D eigenvalue weighted by molar-refractivity contribution is 7.22. The molecule has 4 N–H and O–H groups in total. The Bertz CT molecular complexity index is 2110. The zero-order valence-corrected chi connectivity index (χ0v) is 21.7. The van der Waals surface area contributed by atoms with Crippen LogP contribution in [0.25, 0.3) is 49.0 Å². The molecule has 0 saturated heterocycles. The van der Waals surface area contributed by atoms with Crippen molar-refractivity contribution in [2.24, 2.45) is 0 Å². The topological polar surface area (TPSA) is 131 Å². The Morgan fingerprint density at radius 3 is 2.62 bits per heavy atom. The molecule has 0 bridgehead atoms. The SMILES string of the molecule is Cc1cccc2cc(Cn3nc(-c4ccc5sc(N)nc5c4)c4c(N)ncnc43)n(-c3ccccc3)c(=O)c12. The van der Waals surface area contributed by atoms with Crippen molar-refractivity contribution in [2.45, 2.75) is 13.5 Å². The first-order valence-corrected chi connectivity index (χ1v) is 13.1. The quantitative estimate of drug-likeness (QED) is 0.330. The van der Waals surface area contributed by atoms with Crippen LogP contribution < -0.4 is 17.0 Å². The van der Waals surface area contributed by atoms with Crippen LogP contribution in [0.2, 0.25) is 0 Å². The molecule has 0 spiro atoms. The van der Waals surface area contributed by atoms with Gasteiger partial charge in [0.05, 0.1) is 27.5 Å². The van der Waals surface area contributed by atoms with Crippen molar-refractivity contribution < 1.29 is 0 Å². The van der Waals surface area contributed by atoms with Gasteiger partial charge in [0.1, 0.15) is 17.8 Å². The van der Waals surface area contributed by atoms with E-state index >= 15 is 0 Å². The van der Waals surface area contributed by atoms with Crippen molar-refractivity contribution in [1.82, 2.24) is 29.3 Å². The minimum absolute atomic E-state index is 0.0794. The molecule has 0 amide bonds. The molecule has 7 aromatic rings. The van der Waals surface area contributed by atoms with Crippen molar-refractivity contribution >= 4 is 54.3 Å². The number of aromatic nitrogens is 6. The van der Waals surface area contributed by atoms with E-state index in [0.29, 0.717) is 33.1 Å². The van der Waals surface area contributed by atoms with E-state index in [0.717, 1.165) is 38.1 Å². The Morgan fingerprint density at radius 2 is 1.77 bits per heavy atom. The van der Waals surface area contributed by atoms with Gasteiger partial charge in [-0.2, -0.15) is 5.10 Å². The van der Waals surface area contributed by atoms with Crippen molar-refractivity contribution in [3.8, 4) is 16.9 Å². The van der Waals surface area contributed by atoms with Crippen LogP contribution in [-0.2, 0) is 6.54 Å². The zero-order chi connectivity index (χ0) is 26.7. The minimum Gasteiger partial charge on any atom is -0.383 e. The normalized spacial score (nSPS) is 11.6. The van der Waals surface area contributed by atoms with Gasteiger partial charge in [-0.15, -0.1) is 0 Å². The fourth-order valence-electron chi connectivity index (χ4n) is 5.15. The van der Waals surface area contributed by atoms with Gasteiger partial charge in [-0.25, -0.2) is 19.6 Å². The van der Waals surface area contributed by atoms with Gasteiger partial charge in [0.2, 0.25) is 0 Å². The largest absolute Gasteiger partial charge is 0.383 e. The number of hydrogen-bond acceptors (Lipinski definition) is 8. The first-order chi connectivity index (χ1) is 19.0. The minimum atomic E-state index is -0.0794. The molecular weight excluding hydrogens is 508 g/mol. The molecule has 0 unspecified atom stereocenters. The Hall–Kier alpha value is -5.09. The van der Waals surface area contributed by atoms with E-state index in [-0.39, 0.29) is 12.1 Å². The molecule has 39 heavy (non-hydrogen) atoms. The van der Waals surface area contributed by atoms with Gasteiger partial charge in [-0.1, -0.05) is 53.8 Å². The van der Waals surface area contributed by atoms with Crippen molar-refractivity contribution in [3.05, 3.63) is 101 Å². The Kier molecular flexibility index (Phi) is 5.17. The van der Waals surface area contributed by atoms with Crippen LogP contribution in [-0.4, -0.2) is 29.3 Å². The molecule has 0 saturated carbocycles. The Balaban J connectivity index is 1.46. The summed E-state index contributed by atoms with van der Waals surface area (Å²) in [5, 5.41) is 7.67. The van der Waals surface area contributed by atoms with Gasteiger partial charge in [-0.3, -0.25) is 9.36 Å². The number of hydrogen-bond donors (Lipinski definition) is 2. The lowest BCUT2D eigenvalue weighted by atomic mass is 10.1. The number of rotatable bonds is 4. The van der Waals surface area contributed by atoms with Crippen LogP contribution in [0.5, 0.6) is 0 Å². The molecule has 190 valence electrons. The van der Waals surface area contributed by atoms with Crippen LogP contribution in [0.4, 0.5) is 10.9 Å². The van der Waals surface area contributed by atoms with Gasteiger partial charge in [0, 0.05) is 16.9 Å². The highest BCUT2D eigenvalue weighted by Gasteiger charge is 2.20. The molecule has 0 aliphatic heterocycles. The molecule has 0 radical (unpaired) electrons. The number of thiazole rings is 1. The average Bonchev–Trinajstić information content (AvgIpc) is 3.49. The van der Waals surface area contributed by atoms with Gasteiger partial charge < -0.3 is 11.5 Å². The first kappa shape index (κ1) is 23.1. The van der Waals surface area contributed by atoms with E-state index in [1.165, 1.54) is 17.7 Å². The summed E-state index contributed by atoms with van der Waals surface area (Å²) in [6.45, 7) is 2.24. The molecule has 3 aromatic carbocycles. The number of pyridine rings is 1. The maximum Gasteiger partial charge on any atom is 0.263 e. The first-order valence-electron chi connectivity index (χ1n) is 12.3. The standard InChI is InChI=1S/C29H22N8OS/c1-16-6-5-7-17-12-20(37(28(38)23(16)17)19-8-3-2-4-9-19)14-36-27-24(26(30)32-15-33-27)25(35-36)18-10-11-22-21(13-18)34-29(31)39-22/h2-13,15H,14H2,1H3,(H2,31,34)(H2,30,32,33). The number of nitrogens with two attached hydrogens (primary N) is 2. The molecule has 4 aromatic heterocycles. The summed E-state index contributed by atoms with van der Waals surface area (Å²) in [5.74, 6) is 0.328.